The second-order valence-electron chi connectivity index (χ2n) is 7.16. The molecule has 3 heterocycles. The molecule has 156 valence electrons. The van der Waals surface area contributed by atoms with Gasteiger partial charge < -0.3 is 18.6 Å². The number of aromatic nitrogens is 2. The summed E-state index contributed by atoms with van der Waals surface area (Å²) in [5.41, 5.74) is 0.810. The molecule has 3 aromatic heterocycles. The van der Waals surface area contributed by atoms with Crippen molar-refractivity contribution in [3.8, 4) is 11.7 Å². The minimum absolute atomic E-state index is 0.0952. The van der Waals surface area contributed by atoms with E-state index in [9.17, 15) is 4.79 Å². The second kappa shape index (κ2) is 8.96. The third-order valence-corrected chi connectivity index (χ3v) is 4.71. The lowest BCUT2D eigenvalue weighted by molar-refractivity contribution is -0.123. The Morgan fingerprint density at radius 3 is 2.80 bits per heavy atom. The molecule has 0 aliphatic carbocycles. The molecule has 0 fully saturated rings. The van der Waals surface area contributed by atoms with Gasteiger partial charge in [-0.25, -0.2) is 0 Å². The van der Waals surface area contributed by atoms with Gasteiger partial charge in [-0.2, -0.15) is 0 Å². The summed E-state index contributed by atoms with van der Waals surface area (Å²) in [6.45, 7) is 5.30. The van der Waals surface area contributed by atoms with E-state index in [0.717, 1.165) is 29.7 Å². The minimum atomic E-state index is -0.234. The molecule has 1 atom stereocenters. The minimum Gasteiger partial charge on any atom is -0.459 e. The Bertz CT molecular complexity index is 1070. The normalized spacial score (nSPS) is 12.5. The summed E-state index contributed by atoms with van der Waals surface area (Å²) < 4.78 is 16.8. The van der Waals surface area contributed by atoms with Crippen LogP contribution in [0.25, 0.3) is 22.6 Å². The number of fused-ring (bicyclic) bond motifs is 1. The molecule has 0 saturated heterocycles. The fourth-order valence-corrected chi connectivity index (χ4v) is 3.32. The molecule has 8 heteroatoms. The maximum Gasteiger partial charge on any atom is 0.283 e. The van der Waals surface area contributed by atoms with Crippen molar-refractivity contribution in [3.63, 3.8) is 0 Å². The summed E-state index contributed by atoms with van der Waals surface area (Å²) in [6, 6.07) is 13.0. The Morgan fingerprint density at radius 2 is 2.03 bits per heavy atom. The van der Waals surface area contributed by atoms with Gasteiger partial charge >= 0.3 is 0 Å². The van der Waals surface area contributed by atoms with Gasteiger partial charge in [0.25, 0.3) is 5.89 Å². The Morgan fingerprint density at radius 1 is 1.17 bits per heavy atom. The molecular formula is C22H24N4O4. The lowest BCUT2D eigenvalue weighted by atomic mass is 10.2. The SMILES string of the molecule is CCCN(CC(=O)N[C@@H](C)c1cc2ccccc2o1)Cc1nnc(-c2ccco2)o1. The van der Waals surface area contributed by atoms with E-state index >= 15 is 0 Å². The largest absolute Gasteiger partial charge is 0.459 e. The van der Waals surface area contributed by atoms with Gasteiger partial charge in [-0.1, -0.05) is 25.1 Å². The van der Waals surface area contributed by atoms with Crippen LogP contribution in [-0.4, -0.2) is 34.1 Å². The van der Waals surface area contributed by atoms with E-state index in [4.69, 9.17) is 13.3 Å². The number of nitrogens with one attached hydrogen (secondary N) is 1. The molecule has 0 radical (unpaired) electrons. The number of para-hydroxylation sites is 1. The lowest BCUT2D eigenvalue weighted by Gasteiger charge is -2.20. The maximum atomic E-state index is 12.6. The van der Waals surface area contributed by atoms with E-state index < -0.39 is 0 Å². The Labute approximate surface area is 173 Å². The zero-order valence-corrected chi connectivity index (χ0v) is 17.0. The lowest BCUT2D eigenvalue weighted by Crippen LogP contribution is -2.38. The van der Waals surface area contributed by atoms with E-state index in [2.05, 4.69) is 22.4 Å². The molecule has 1 N–H and O–H groups in total. The van der Waals surface area contributed by atoms with Crippen molar-refractivity contribution in [1.29, 1.82) is 0 Å². The average Bonchev–Trinajstić information content (AvgIpc) is 3.47. The van der Waals surface area contributed by atoms with Gasteiger partial charge in [0.15, 0.2) is 5.76 Å². The number of hydrogen-bond acceptors (Lipinski definition) is 7. The van der Waals surface area contributed by atoms with Crippen molar-refractivity contribution in [2.24, 2.45) is 0 Å². The maximum absolute atomic E-state index is 12.6. The van der Waals surface area contributed by atoms with Crippen molar-refractivity contribution in [1.82, 2.24) is 20.4 Å². The fraction of sp³-hybridized carbons (Fsp3) is 0.318. The molecular weight excluding hydrogens is 384 g/mol. The van der Waals surface area contributed by atoms with Crippen molar-refractivity contribution < 1.29 is 18.0 Å². The van der Waals surface area contributed by atoms with Crippen LogP contribution in [0, 0.1) is 0 Å². The highest BCUT2D eigenvalue weighted by molar-refractivity contribution is 5.80. The van der Waals surface area contributed by atoms with Crippen LogP contribution in [0.1, 0.15) is 38.0 Å². The number of furan rings is 2. The first-order valence-corrected chi connectivity index (χ1v) is 9.99. The summed E-state index contributed by atoms with van der Waals surface area (Å²) >= 11 is 0. The molecule has 30 heavy (non-hydrogen) atoms. The van der Waals surface area contributed by atoms with Gasteiger partial charge in [-0.3, -0.25) is 9.69 Å². The van der Waals surface area contributed by atoms with Gasteiger partial charge in [0.2, 0.25) is 11.8 Å². The van der Waals surface area contributed by atoms with Crippen LogP contribution in [0.15, 0.2) is 62.0 Å². The van der Waals surface area contributed by atoms with E-state index in [1.54, 1.807) is 18.4 Å². The number of nitrogens with zero attached hydrogens (tertiary/aromatic N) is 3. The molecule has 1 amide bonds. The molecule has 8 nitrogen and oxygen atoms in total. The quantitative estimate of drug-likeness (QED) is 0.444. The molecule has 1 aromatic carbocycles. The Balaban J connectivity index is 1.36. The molecule has 4 aromatic rings. The number of carbonyl (C=O) groups excluding carboxylic acids is 1. The highest BCUT2D eigenvalue weighted by Crippen LogP contribution is 2.23. The van der Waals surface area contributed by atoms with Crippen LogP contribution >= 0.6 is 0 Å². The van der Waals surface area contributed by atoms with Crippen LogP contribution < -0.4 is 5.32 Å². The van der Waals surface area contributed by atoms with Gasteiger partial charge in [0, 0.05) is 5.39 Å². The van der Waals surface area contributed by atoms with Crippen LogP contribution in [0.2, 0.25) is 0 Å². The summed E-state index contributed by atoms with van der Waals surface area (Å²) in [5, 5.41) is 12.1. The number of amides is 1. The summed E-state index contributed by atoms with van der Waals surface area (Å²) in [6.07, 6.45) is 2.45. The monoisotopic (exact) mass is 408 g/mol. The van der Waals surface area contributed by atoms with Gasteiger partial charge in [0.1, 0.15) is 11.3 Å². The smallest absolute Gasteiger partial charge is 0.283 e. The fourth-order valence-electron chi connectivity index (χ4n) is 3.32. The van der Waals surface area contributed by atoms with E-state index in [1.165, 1.54) is 0 Å². The van der Waals surface area contributed by atoms with E-state index in [0.29, 0.717) is 24.1 Å². The molecule has 0 aliphatic rings. The zero-order valence-electron chi connectivity index (χ0n) is 17.0. The summed E-state index contributed by atoms with van der Waals surface area (Å²) in [5.74, 6) is 1.92. The van der Waals surface area contributed by atoms with Crippen molar-refractivity contribution in [3.05, 3.63) is 60.4 Å². The van der Waals surface area contributed by atoms with Crippen LogP contribution in [0.5, 0.6) is 0 Å². The predicted octanol–water partition coefficient (Wildman–Crippen LogP) is 4.17. The zero-order chi connectivity index (χ0) is 20.9. The Hall–Kier alpha value is -3.39. The highest BCUT2D eigenvalue weighted by atomic mass is 16.4. The topological polar surface area (TPSA) is 97.5 Å². The third kappa shape index (κ3) is 4.60. The van der Waals surface area contributed by atoms with Crippen molar-refractivity contribution in [2.45, 2.75) is 32.9 Å². The van der Waals surface area contributed by atoms with Crippen molar-refractivity contribution in [2.75, 3.05) is 13.1 Å². The molecule has 0 spiro atoms. The van der Waals surface area contributed by atoms with E-state index in [1.807, 2.05) is 42.2 Å². The van der Waals surface area contributed by atoms with Crippen LogP contribution in [0.4, 0.5) is 0 Å². The first-order valence-electron chi connectivity index (χ1n) is 9.99. The predicted molar refractivity (Wildman–Crippen MR) is 110 cm³/mol. The average molecular weight is 408 g/mol. The van der Waals surface area contributed by atoms with Gasteiger partial charge in [-0.05, 0) is 44.2 Å². The van der Waals surface area contributed by atoms with Crippen LogP contribution in [0.3, 0.4) is 0 Å². The molecule has 4 rings (SSSR count). The molecule has 0 unspecified atom stereocenters. The standard InChI is InChI=1S/C22H24N4O4/c1-3-10-26(14-21-24-25-22(30-21)18-9-6-11-28-18)13-20(27)23-15(2)19-12-16-7-4-5-8-17(16)29-19/h4-9,11-12,15H,3,10,13-14H2,1-2H3,(H,23,27)/t15-/m0/s1. The number of hydrogen-bond donors (Lipinski definition) is 1. The molecule has 0 saturated carbocycles. The first-order chi connectivity index (χ1) is 14.6. The Kier molecular flexibility index (Phi) is 5.94. The van der Waals surface area contributed by atoms with Gasteiger partial charge in [0.05, 0.1) is 25.4 Å². The highest BCUT2D eigenvalue weighted by Gasteiger charge is 2.19. The number of rotatable bonds is 9. The van der Waals surface area contributed by atoms with Crippen molar-refractivity contribution >= 4 is 16.9 Å². The third-order valence-electron chi connectivity index (χ3n) is 4.71. The first kappa shape index (κ1) is 19.9. The summed E-state index contributed by atoms with van der Waals surface area (Å²) in [7, 11) is 0. The van der Waals surface area contributed by atoms with Crippen LogP contribution in [-0.2, 0) is 11.3 Å². The molecule has 0 aliphatic heterocycles. The van der Waals surface area contributed by atoms with E-state index in [-0.39, 0.29) is 18.5 Å². The number of benzene rings is 1. The van der Waals surface area contributed by atoms with Gasteiger partial charge in [-0.15, -0.1) is 10.2 Å². The second-order valence-corrected chi connectivity index (χ2v) is 7.16. The number of carbonyl (C=O) groups is 1. The molecule has 0 bridgehead atoms. The summed E-state index contributed by atoms with van der Waals surface area (Å²) in [4.78, 5) is 14.6.